The number of anilines is 3. The SMILES string of the molecule is O=C(CC(Cc1ccccc1)Nc1nccc(N2CCCc3cnc(-c4ccccc4)cc32)n1)NC1CC1. The molecule has 0 spiro atoms. The molecule has 7 nitrogen and oxygen atoms in total. The van der Waals surface area contributed by atoms with Gasteiger partial charge in [0.05, 0.1) is 5.69 Å². The minimum Gasteiger partial charge on any atom is -0.353 e. The number of rotatable bonds is 9. The summed E-state index contributed by atoms with van der Waals surface area (Å²) in [6.45, 7) is 0.874. The number of pyridine rings is 1. The van der Waals surface area contributed by atoms with Crippen LogP contribution in [0, 0.1) is 0 Å². The van der Waals surface area contributed by atoms with Crippen LogP contribution in [0.25, 0.3) is 11.3 Å². The number of fused-ring (bicyclic) bond motifs is 1. The largest absolute Gasteiger partial charge is 0.353 e. The van der Waals surface area contributed by atoms with Gasteiger partial charge >= 0.3 is 0 Å². The van der Waals surface area contributed by atoms with E-state index in [0.717, 1.165) is 55.0 Å². The van der Waals surface area contributed by atoms with Crippen molar-refractivity contribution in [2.24, 2.45) is 0 Å². The normalized spacial score (nSPS) is 15.4. The van der Waals surface area contributed by atoms with Gasteiger partial charge in [0.25, 0.3) is 0 Å². The summed E-state index contributed by atoms with van der Waals surface area (Å²) in [6.07, 6.45) is 9.06. The van der Waals surface area contributed by atoms with Gasteiger partial charge in [-0.15, -0.1) is 0 Å². The molecule has 1 aliphatic heterocycles. The number of aryl methyl sites for hydroxylation is 1. The fourth-order valence-electron chi connectivity index (χ4n) is 5.03. The predicted octanol–water partition coefficient (Wildman–Crippen LogP) is 5.31. The van der Waals surface area contributed by atoms with Crippen molar-refractivity contribution in [3.05, 3.63) is 96.3 Å². The molecule has 2 aromatic carbocycles. The Labute approximate surface area is 223 Å². The quantitative estimate of drug-likeness (QED) is 0.321. The zero-order valence-electron chi connectivity index (χ0n) is 21.4. The van der Waals surface area contributed by atoms with E-state index in [0.29, 0.717) is 24.8 Å². The number of carbonyl (C=O) groups excluding carboxylic acids is 1. The highest BCUT2D eigenvalue weighted by Crippen LogP contribution is 2.35. The van der Waals surface area contributed by atoms with E-state index in [1.54, 1.807) is 6.20 Å². The monoisotopic (exact) mass is 504 g/mol. The second-order valence-electron chi connectivity index (χ2n) is 10.1. The van der Waals surface area contributed by atoms with Crippen LogP contribution in [-0.2, 0) is 17.6 Å². The Kier molecular flexibility index (Phi) is 6.98. The van der Waals surface area contributed by atoms with E-state index in [2.05, 4.69) is 50.8 Å². The Bertz CT molecular complexity index is 1390. The third kappa shape index (κ3) is 5.83. The molecule has 2 N–H and O–H groups in total. The van der Waals surface area contributed by atoms with E-state index in [1.807, 2.05) is 48.7 Å². The topological polar surface area (TPSA) is 83.0 Å². The molecule has 7 heteroatoms. The summed E-state index contributed by atoms with van der Waals surface area (Å²) in [4.78, 5) is 29.1. The van der Waals surface area contributed by atoms with Crippen LogP contribution >= 0.6 is 0 Å². The maximum absolute atomic E-state index is 12.7. The molecule has 0 saturated heterocycles. The Hall–Kier alpha value is -4.26. The number of hydrogen-bond acceptors (Lipinski definition) is 6. The molecule has 1 aliphatic carbocycles. The van der Waals surface area contributed by atoms with Gasteiger partial charge in [0.15, 0.2) is 0 Å². The smallest absolute Gasteiger partial charge is 0.224 e. The van der Waals surface area contributed by atoms with E-state index in [9.17, 15) is 4.79 Å². The maximum atomic E-state index is 12.7. The van der Waals surface area contributed by atoms with Crippen LogP contribution in [-0.4, -0.2) is 39.5 Å². The lowest BCUT2D eigenvalue weighted by Gasteiger charge is -2.31. The van der Waals surface area contributed by atoms with E-state index < -0.39 is 0 Å². The summed E-state index contributed by atoms with van der Waals surface area (Å²) in [5.41, 5.74) is 5.58. The highest BCUT2D eigenvalue weighted by molar-refractivity contribution is 5.77. The molecule has 2 aromatic heterocycles. The van der Waals surface area contributed by atoms with Gasteiger partial charge in [-0.25, -0.2) is 4.98 Å². The molecule has 38 heavy (non-hydrogen) atoms. The molecule has 192 valence electrons. The van der Waals surface area contributed by atoms with E-state index in [-0.39, 0.29) is 11.9 Å². The second kappa shape index (κ2) is 11.0. The lowest BCUT2D eigenvalue weighted by molar-refractivity contribution is -0.121. The summed E-state index contributed by atoms with van der Waals surface area (Å²) in [7, 11) is 0. The van der Waals surface area contributed by atoms with E-state index >= 15 is 0 Å². The molecule has 1 atom stereocenters. The Morgan fingerprint density at radius 2 is 1.79 bits per heavy atom. The highest BCUT2D eigenvalue weighted by atomic mass is 16.1. The van der Waals surface area contributed by atoms with Crippen molar-refractivity contribution in [3.8, 4) is 11.3 Å². The number of nitrogens with zero attached hydrogens (tertiary/aromatic N) is 4. The Balaban J connectivity index is 1.24. The van der Waals surface area contributed by atoms with Crippen LogP contribution in [0.5, 0.6) is 0 Å². The fourth-order valence-corrected chi connectivity index (χ4v) is 5.03. The van der Waals surface area contributed by atoms with Gasteiger partial charge in [-0.1, -0.05) is 60.7 Å². The molecule has 1 fully saturated rings. The van der Waals surface area contributed by atoms with Crippen LogP contribution in [0.15, 0.2) is 85.2 Å². The average molecular weight is 505 g/mol. The van der Waals surface area contributed by atoms with Crippen molar-refractivity contribution >= 4 is 23.4 Å². The lowest BCUT2D eigenvalue weighted by Crippen LogP contribution is -2.34. The summed E-state index contributed by atoms with van der Waals surface area (Å²) < 4.78 is 0. The van der Waals surface area contributed by atoms with E-state index in [1.165, 1.54) is 11.1 Å². The predicted molar refractivity (Wildman–Crippen MR) is 150 cm³/mol. The van der Waals surface area contributed by atoms with Crippen molar-refractivity contribution in [2.45, 2.75) is 50.6 Å². The van der Waals surface area contributed by atoms with Crippen LogP contribution in [0.1, 0.15) is 36.8 Å². The standard InChI is InChI=1S/C31H32N6O/c38-30(34-25-13-14-25)19-26(18-22-8-3-1-4-9-22)35-31-32-16-15-29(36-31)37-17-7-12-24-21-33-27(20-28(24)37)23-10-5-2-6-11-23/h1-6,8-11,15-16,20-21,25-26H,7,12-14,17-19H2,(H,34,38)(H,32,35,36). The molecule has 4 aromatic rings. The second-order valence-corrected chi connectivity index (χ2v) is 10.1. The molecule has 0 bridgehead atoms. The van der Waals surface area contributed by atoms with Crippen LogP contribution < -0.4 is 15.5 Å². The summed E-state index contributed by atoms with van der Waals surface area (Å²) in [5.74, 6) is 1.45. The van der Waals surface area contributed by atoms with Gasteiger partial charge in [0, 0.05) is 48.7 Å². The number of carbonyl (C=O) groups is 1. The van der Waals surface area contributed by atoms with Crippen molar-refractivity contribution < 1.29 is 4.79 Å². The lowest BCUT2D eigenvalue weighted by atomic mass is 10.0. The molecule has 1 unspecified atom stereocenters. The van der Waals surface area contributed by atoms with Gasteiger partial charge in [-0.05, 0) is 55.4 Å². The molecular weight excluding hydrogens is 472 g/mol. The number of aromatic nitrogens is 3. The number of amides is 1. The van der Waals surface area contributed by atoms with Crippen LogP contribution in [0.2, 0.25) is 0 Å². The molecular formula is C31H32N6O. The number of hydrogen-bond donors (Lipinski definition) is 2. The Morgan fingerprint density at radius 1 is 1.00 bits per heavy atom. The average Bonchev–Trinajstić information content (AvgIpc) is 3.77. The van der Waals surface area contributed by atoms with Crippen molar-refractivity contribution in [1.29, 1.82) is 0 Å². The molecule has 1 amide bonds. The van der Waals surface area contributed by atoms with Gasteiger partial charge in [0.1, 0.15) is 5.82 Å². The van der Waals surface area contributed by atoms with Crippen molar-refractivity contribution in [2.75, 3.05) is 16.8 Å². The zero-order chi connectivity index (χ0) is 25.7. The molecule has 6 rings (SSSR count). The molecule has 0 radical (unpaired) electrons. The van der Waals surface area contributed by atoms with Gasteiger partial charge < -0.3 is 15.5 Å². The third-order valence-corrected chi connectivity index (χ3v) is 7.10. The van der Waals surface area contributed by atoms with Gasteiger partial charge in [-0.3, -0.25) is 9.78 Å². The first-order chi connectivity index (χ1) is 18.7. The van der Waals surface area contributed by atoms with E-state index in [4.69, 9.17) is 9.97 Å². The summed E-state index contributed by atoms with van der Waals surface area (Å²) >= 11 is 0. The molecule has 2 aliphatic rings. The first kappa shape index (κ1) is 24.1. The minimum atomic E-state index is -0.117. The summed E-state index contributed by atoms with van der Waals surface area (Å²) in [5, 5.41) is 6.59. The van der Waals surface area contributed by atoms with Crippen LogP contribution in [0.4, 0.5) is 17.5 Å². The Morgan fingerprint density at radius 3 is 2.58 bits per heavy atom. The minimum absolute atomic E-state index is 0.0722. The van der Waals surface area contributed by atoms with Gasteiger partial charge in [-0.2, -0.15) is 4.98 Å². The zero-order valence-corrected chi connectivity index (χ0v) is 21.4. The summed E-state index contributed by atoms with van der Waals surface area (Å²) in [6, 6.07) is 24.8. The van der Waals surface area contributed by atoms with Gasteiger partial charge in [0.2, 0.25) is 11.9 Å². The number of benzene rings is 2. The van der Waals surface area contributed by atoms with Crippen molar-refractivity contribution in [1.82, 2.24) is 20.3 Å². The fraction of sp³-hybridized carbons (Fsp3) is 0.290. The first-order valence-corrected chi connectivity index (χ1v) is 13.5. The molecule has 1 saturated carbocycles. The van der Waals surface area contributed by atoms with Crippen LogP contribution in [0.3, 0.4) is 0 Å². The highest BCUT2D eigenvalue weighted by Gasteiger charge is 2.26. The van der Waals surface area contributed by atoms with Crippen molar-refractivity contribution in [3.63, 3.8) is 0 Å². The maximum Gasteiger partial charge on any atom is 0.224 e. The number of nitrogens with one attached hydrogen (secondary N) is 2. The third-order valence-electron chi connectivity index (χ3n) is 7.10. The molecule has 3 heterocycles. The first-order valence-electron chi connectivity index (χ1n) is 13.5.